The smallest absolute Gasteiger partial charge is 0.338 e. The summed E-state index contributed by atoms with van der Waals surface area (Å²) in [5.74, 6) is -3.18. The lowest BCUT2D eigenvalue weighted by Crippen LogP contribution is -2.42. The third-order valence-corrected chi connectivity index (χ3v) is 5.81. The van der Waals surface area contributed by atoms with Crippen LogP contribution >= 0.6 is 0 Å². The van der Waals surface area contributed by atoms with Crippen LogP contribution in [0.5, 0.6) is 0 Å². The third-order valence-electron chi connectivity index (χ3n) is 5.81. The van der Waals surface area contributed by atoms with Crippen LogP contribution in [0.2, 0.25) is 0 Å². The molecule has 1 aliphatic rings. The number of rotatable bonds is 3. The molecule has 0 bridgehead atoms. The van der Waals surface area contributed by atoms with Gasteiger partial charge in [0, 0.05) is 55.0 Å². The highest BCUT2D eigenvalue weighted by molar-refractivity contribution is 5.97. The van der Waals surface area contributed by atoms with Gasteiger partial charge in [-0.25, -0.2) is 18.7 Å². The highest BCUT2D eigenvalue weighted by atomic mass is 19.4. The molecule has 4 aromatic rings. The van der Waals surface area contributed by atoms with Crippen LogP contribution in [-0.2, 0) is 6.18 Å². The van der Waals surface area contributed by atoms with E-state index < -0.39 is 36.4 Å². The Bertz CT molecular complexity index is 1350. The second-order valence-corrected chi connectivity index (χ2v) is 8.03. The predicted octanol–water partition coefficient (Wildman–Crippen LogP) is 4.70. The van der Waals surface area contributed by atoms with Gasteiger partial charge < -0.3 is 9.47 Å². The summed E-state index contributed by atoms with van der Waals surface area (Å²) >= 11 is 0. The standard InChI is InChI=1S/C22H17F5N6O/c23-21(24)4-7-32(8-5-21)20(34)14-9-13-3-6-33(19(13)28-11-14)15-1-2-16(18-29-12-30-31-18)17(10-15)22(25,26)27/h1-3,6,9-12H,4-5,7-8H2,(H,29,30,31). The van der Waals surface area contributed by atoms with E-state index in [2.05, 4.69) is 20.2 Å². The van der Waals surface area contributed by atoms with Gasteiger partial charge in [0.2, 0.25) is 0 Å². The zero-order valence-electron chi connectivity index (χ0n) is 17.5. The molecule has 0 unspecified atom stereocenters. The lowest BCUT2D eigenvalue weighted by molar-refractivity contribution is -0.137. The second kappa shape index (κ2) is 7.89. The van der Waals surface area contributed by atoms with E-state index in [1.807, 2.05) is 0 Å². The van der Waals surface area contributed by atoms with E-state index in [0.29, 0.717) is 11.0 Å². The van der Waals surface area contributed by atoms with E-state index >= 15 is 0 Å². The van der Waals surface area contributed by atoms with Crippen LogP contribution in [0.1, 0.15) is 28.8 Å². The molecular formula is C22H17F5N6O. The largest absolute Gasteiger partial charge is 0.417 e. The van der Waals surface area contributed by atoms with E-state index in [-0.39, 0.29) is 35.7 Å². The first kappa shape index (κ1) is 22.0. The van der Waals surface area contributed by atoms with Crippen molar-refractivity contribution in [3.63, 3.8) is 0 Å². The van der Waals surface area contributed by atoms with E-state index in [4.69, 9.17) is 0 Å². The molecule has 1 N–H and O–H groups in total. The Morgan fingerprint density at radius 3 is 2.50 bits per heavy atom. The first-order valence-electron chi connectivity index (χ1n) is 10.3. The maximum absolute atomic E-state index is 13.8. The number of H-pyrrole nitrogens is 1. The number of carbonyl (C=O) groups is 1. The maximum Gasteiger partial charge on any atom is 0.417 e. The minimum Gasteiger partial charge on any atom is -0.338 e. The fourth-order valence-corrected chi connectivity index (χ4v) is 4.03. The second-order valence-electron chi connectivity index (χ2n) is 8.03. The van der Waals surface area contributed by atoms with E-state index in [9.17, 15) is 26.7 Å². The minimum atomic E-state index is -4.64. The molecule has 1 saturated heterocycles. The number of amides is 1. The number of piperidine rings is 1. The molecule has 0 atom stereocenters. The van der Waals surface area contributed by atoms with Crippen LogP contribution in [0.4, 0.5) is 22.0 Å². The quantitative estimate of drug-likeness (QED) is 0.435. The fourth-order valence-electron chi connectivity index (χ4n) is 4.03. The van der Waals surface area contributed by atoms with Crippen LogP contribution in [-0.4, -0.2) is 54.6 Å². The van der Waals surface area contributed by atoms with Gasteiger partial charge in [-0.3, -0.25) is 9.89 Å². The molecule has 3 aromatic heterocycles. The van der Waals surface area contributed by atoms with Crippen molar-refractivity contribution >= 4 is 16.9 Å². The predicted molar refractivity (Wildman–Crippen MR) is 112 cm³/mol. The number of benzene rings is 1. The number of hydrogen-bond acceptors (Lipinski definition) is 4. The van der Waals surface area contributed by atoms with E-state index in [1.165, 1.54) is 27.8 Å². The Labute approximate surface area is 189 Å². The number of hydrogen-bond donors (Lipinski definition) is 1. The number of carbonyl (C=O) groups excluding carboxylic acids is 1. The minimum absolute atomic E-state index is 0.00649. The average Bonchev–Trinajstić information content (AvgIpc) is 3.47. The Balaban J connectivity index is 1.48. The first-order valence-corrected chi connectivity index (χ1v) is 10.3. The molecule has 1 aliphatic heterocycles. The summed E-state index contributed by atoms with van der Waals surface area (Å²) in [5.41, 5.74) is -0.236. The highest BCUT2D eigenvalue weighted by Gasteiger charge is 2.36. The average molecular weight is 476 g/mol. The van der Waals surface area contributed by atoms with Gasteiger partial charge in [0.1, 0.15) is 12.0 Å². The van der Waals surface area contributed by atoms with Gasteiger partial charge in [-0.2, -0.15) is 18.3 Å². The summed E-state index contributed by atoms with van der Waals surface area (Å²) in [5, 5.41) is 6.58. The number of halogens is 5. The maximum atomic E-state index is 13.8. The molecule has 176 valence electrons. The number of fused-ring (bicyclic) bond motifs is 1. The van der Waals surface area contributed by atoms with Gasteiger partial charge in [0.25, 0.3) is 11.8 Å². The number of aromatic nitrogens is 5. The van der Waals surface area contributed by atoms with Crippen molar-refractivity contribution < 1.29 is 26.7 Å². The van der Waals surface area contributed by atoms with Gasteiger partial charge in [0.15, 0.2) is 5.82 Å². The summed E-state index contributed by atoms with van der Waals surface area (Å²) in [6.07, 6.45) is -1.44. The zero-order chi connectivity index (χ0) is 24.1. The van der Waals surface area contributed by atoms with Crippen molar-refractivity contribution in [3.05, 3.63) is 60.2 Å². The lowest BCUT2D eigenvalue weighted by atomic mass is 10.1. The van der Waals surface area contributed by atoms with Crippen LogP contribution in [0.25, 0.3) is 28.1 Å². The Hall–Kier alpha value is -3.83. The van der Waals surface area contributed by atoms with E-state index in [1.54, 1.807) is 18.3 Å². The number of alkyl halides is 5. The van der Waals surface area contributed by atoms with E-state index in [0.717, 1.165) is 12.4 Å². The number of likely N-dealkylation sites (tertiary alicyclic amines) is 1. The molecule has 1 fully saturated rings. The summed E-state index contributed by atoms with van der Waals surface area (Å²) in [7, 11) is 0. The summed E-state index contributed by atoms with van der Waals surface area (Å²) in [6, 6.07) is 6.98. The van der Waals surface area contributed by atoms with Crippen LogP contribution in [0, 0.1) is 0 Å². The monoisotopic (exact) mass is 476 g/mol. The molecule has 0 aliphatic carbocycles. The van der Waals surface area contributed by atoms with Crippen molar-refractivity contribution in [2.24, 2.45) is 0 Å². The molecule has 4 heterocycles. The topological polar surface area (TPSA) is 79.7 Å². The van der Waals surface area contributed by atoms with Crippen LogP contribution < -0.4 is 0 Å². The van der Waals surface area contributed by atoms with Gasteiger partial charge in [-0.15, -0.1) is 0 Å². The Morgan fingerprint density at radius 1 is 1.06 bits per heavy atom. The van der Waals surface area contributed by atoms with Gasteiger partial charge >= 0.3 is 6.18 Å². The Morgan fingerprint density at radius 2 is 1.82 bits per heavy atom. The molecule has 0 radical (unpaired) electrons. The lowest BCUT2D eigenvalue weighted by Gasteiger charge is -2.31. The van der Waals surface area contributed by atoms with Crippen molar-refractivity contribution in [1.82, 2.24) is 29.6 Å². The molecule has 0 saturated carbocycles. The molecule has 34 heavy (non-hydrogen) atoms. The summed E-state index contributed by atoms with van der Waals surface area (Å²) < 4.78 is 69.6. The summed E-state index contributed by atoms with van der Waals surface area (Å²) in [6.45, 7) is -0.106. The van der Waals surface area contributed by atoms with Crippen LogP contribution in [0.15, 0.2) is 49.1 Å². The molecule has 5 rings (SSSR count). The molecule has 1 aromatic carbocycles. The molecular weight excluding hydrogens is 459 g/mol. The summed E-state index contributed by atoms with van der Waals surface area (Å²) in [4.78, 5) is 22.2. The Kier molecular flexibility index (Phi) is 5.10. The molecule has 1 amide bonds. The number of pyridine rings is 1. The van der Waals surface area contributed by atoms with Gasteiger partial charge in [-0.1, -0.05) is 0 Å². The van der Waals surface area contributed by atoms with Crippen molar-refractivity contribution in [1.29, 1.82) is 0 Å². The number of nitrogens with zero attached hydrogens (tertiary/aromatic N) is 5. The first-order chi connectivity index (χ1) is 16.1. The fraction of sp³-hybridized carbons (Fsp3) is 0.273. The molecule has 0 spiro atoms. The van der Waals surface area contributed by atoms with Gasteiger partial charge in [-0.05, 0) is 30.3 Å². The number of aromatic amines is 1. The van der Waals surface area contributed by atoms with Gasteiger partial charge in [0.05, 0.1) is 11.1 Å². The number of nitrogens with one attached hydrogen (secondary N) is 1. The third kappa shape index (κ3) is 3.99. The van der Waals surface area contributed by atoms with Crippen molar-refractivity contribution in [2.45, 2.75) is 24.9 Å². The molecule has 7 nitrogen and oxygen atoms in total. The van der Waals surface area contributed by atoms with Crippen molar-refractivity contribution in [3.8, 4) is 17.1 Å². The normalized spacial score (nSPS) is 16.2. The highest BCUT2D eigenvalue weighted by Crippen LogP contribution is 2.37. The SMILES string of the molecule is O=C(c1cnc2c(ccn2-c2ccc(-c3ncn[nH]3)c(C(F)(F)F)c2)c1)N1CCC(F)(F)CC1. The van der Waals surface area contributed by atoms with Crippen LogP contribution in [0.3, 0.4) is 0 Å². The zero-order valence-corrected chi connectivity index (χ0v) is 17.5. The molecule has 12 heteroatoms. The van der Waals surface area contributed by atoms with Crippen molar-refractivity contribution in [2.75, 3.05) is 13.1 Å².